The molecule has 0 spiro atoms. The van der Waals surface area contributed by atoms with E-state index in [0.29, 0.717) is 17.0 Å². The molecule has 0 saturated carbocycles. The topological polar surface area (TPSA) is 61.6 Å². The van der Waals surface area contributed by atoms with Crippen LogP contribution in [0.5, 0.6) is 5.75 Å². The second kappa shape index (κ2) is 4.87. The summed E-state index contributed by atoms with van der Waals surface area (Å²) in [5, 5.41) is 3.68. The van der Waals surface area contributed by atoms with Crippen LogP contribution in [-0.2, 0) is 4.74 Å². The maximum absolute atomic E-state index is 13.2. The Morgan fingerprint density at radius 1 is 1.33 bits per heavy atom. The number of aromatic nitrogens is 1. The van der Waals surface area contributed by atoms with Gasteiger partial charge in [-0.1, -0.05) is 5.16 Å². The second-order valence-corrected chi connectivity index (χ2v) is 3.41. The summed E-state index contributed by atoms with van der Waals surface area (Å²) in [4.78, 5) is 11.2. The number of carbonyl (C=O) groups excluding carboxylic acids is 1. The zero-order valence-corrected chi connectivity index (χ0v) is 9.77. The van der Waals surface area contributed by atoms with Crippen molar-refractivity contribution >= 4 is 5.97 Å². The predicted octanol–water partition coefficient (Wildman–Crippen LogP) is 2.28. The summed E-state index contributed by atoms with van der Waals surface area (Å²) in [5.74, 6) is -0.711. The number of hydrogen-bond acceptors (Lipinski definition) is 5. The lowest BCUT2D eigenvalue weighted by Crippen LogP contribution is -1.98. The molecule has 1 aromatic carbocycles. The Balaban J connectivity index is 2.45. The Hall–Kier alpha value is -2.37. The molecule has 0 fully saturated rings. The van der Waals surface area contributed by atoms with Crippen molar-refractivity contribution in [3.63, 3.8) is 0 Å². The van der Waals surface area contributed by atoms with Crippen LogP contribution in [0.2, 0.25) is 0 Å². The molecule has 0 aliphatic rings. The fraction of sp³-hybridized carbons (Fsp3) is 0.167. The molecular weight excluding hydrogens is 241 g/mol. The van der Waals surface area contributed by atoms with Gasteiger partial charge in [0.1, 0.15) is 17.3 Å². The number of methoxy groups -OCH3 is 2. The van der Waals surface area contributed by atoms with Crippen molar-refractivity contribution in [2.45, 2.75) is 0 Å². The van der Waals surface area contributed by atoms with Crippen LogP contribution in [-0.4, -0.2) is 25.3 Å². The van der Waals surface area contributed by atoms with Gasteiger partial charge in [0.2, 0.25) is 5.76 Å². The average molecular weight is 251 g/mol. The molecule has 0 aliphatic carbocycles. The van der Waals surface area contributed by atoms with Crippen LogP contribution in [0.15, 0.2) is 28.8 Å². The normalized spacial score (nSPS) is 10.2. The quantitative estimate of drug-likeness (QED) is 0.783. The Morgan fingerprint density at radius 3 is 2.78 bits per heavy atom. The third-order valence-electron chi connectivity index (χ3n) is 2.33. The van der Waals surface area contributed by atoms with Crippen LogP contribution in [0.3, 0.4) is 0 Å². The van der Waals surface area contributed by atoms with Crippen molar-refractivity contribution in [1.82, 2.24) is 5.16 Å². The highest BCUT2D eigenvalue weighted by atomic mass is 19.1. The number of halogens is 1. The minimum atomic E-state index is -0.649. The van der Waals surface area contributed by atoms with E-state index in [2.05, 4.69) is 9.89 Å². The monoisotopic (exact) mass is 251 g/mol. The SMILES string of the molecule is COC(=O)c1cc(-c2cc(F)ccc2OC)no1. The van der Waals surface area contributed by atoms with Crippen molar-refractivity contribution in [2.24, 2.45) is 0 Å². The van der Waals surface area contributed by atoms with E-state index in [0.717, 1.165) is 0 Å². The number of benzene rings is 1. The number of esters is 1. The van der Waals surface area contributed by atoms with Crippen molar-refractivity contribution < 1.29 is 23.2 Å². The largest absolute Gasteiger partial charge is 0.496 e. The van der Waals surface area contributed by atoms with Gasteiger partial charge >= 0.3 is 5.97 Å². The zero-order chi connectivity index (χ0) is 13.1. The van der Waals surface area contributed by atoms with Crippen LogP contribution in [0.1, 0.15) is 10.6 Å². The molecule has 1 aromatic heterocycles. The molecule has 0 unspecified atom stereocenters. The third kappa shape index (κ3) is 2.17. The number of hydrogen-bond donors (Lipinski definition) is 0. The van der Waals surface area contributed by atoms with E-state index in [4.69, 9.17) is 9.26 Å². The minimum Gasteiger partial charge on any atom is -0.496 e. The number of ether oxygens (including phenoxy) is 2. The number of rotatable bonds is 3. The summed E-state index contributed by atoms with van der Waals surface area (Å²) in [6.07, 6.45) is 0. The Labute approximate surface area is 102 Å². The molecule has 0 bridgehead atoms. The van der Waals surface area contributed by atoms with E-state index >= 15 is 0 Å². The summed E-state index contributed by atoms with van der Waals surface area (Å²) in [6, 6.07) is 5.35. The van der Waals surface area contributed by atoms with E-state index in [1.165, 1.54) is 38.5 Å². The Bertz CT molecular complexity index is 579. The summed E-state index contributed by atoms with van der Waals surface area (Å²) in [7, 11) is 2.69. The first-order valence-corrected chi connectivity index (χ1v) is 5.04. The highest BCUT2D eigenvalue weighted by molar-refractivity contribution is 5.87. The van der Waals surface area contributed by atoms with E-state index in [1.807, 2.05) is 0 Å². The smallest absolute Gasteiger partial charge is 0.376 e. The van der Waals surface area contributed by atoms with Crippen LogP contribution >= 0.6 is 0 Å². The van der Waals surface area contributed by atoms with Crippen molar-refractivity contribution in [1.29, 1.82) is 0 Å². The third-order valence-corrected chi connectivity index (χ3v) is 2.33. The van der Waals surface area contributed by atoms with Crippen LogP contribution in [0, 0.1) is 5.82 Å². The molecular formula is C12H10FNO4. The van der Waals surface area contributed by atoms with E-state index in [-0.39, 0.29) is 5.76 Å². The molecule has 0 saturated heterocycles. The molecule has 18 heavy (non-hydrogen) atoms. The second-order valence-electron chi connectivity index (χ2n) is 3.41. The first-order chi connectivity index (χ1) is 8.65. The number of carbonyl (C=O) groups is 1. The van der Waals surface area contributed by atoms with Gasteiger partial charge in [0.15, 0.2) is 0 Å². The molecule has 0 N–H and O–H groups in total. The molecule has 0 aliphatic heterocycles. The number of nitrogens with zero attached hydrogens (tertiary/aromatic N) is 1. The molecule has 0 amide bonds. The van der Waals surface area contributed by atoms with Gasteiger partial charge in [0, 0.05) is 11.6 Å². The summed E-state index contributed by atoms with van der Waals surface area (Å²) in [6.45, 7) is 0. The molecule has 2 rings (SSSR count). The van der Waals surface area contributed by atoms with Gasteiger partial charge in [-0.05, 0) is 18.2 Å². The highest BCUT2D eigenvalue weighted by Gasteiger charge is 2.17. The summed E-state index contributed by atoms with van der Waals surface area (Å²) < 4.78 is 27.6. The van der Waals surface area contributed by atoms with Crippen LogP contribution < -0.4 is 4.74 Å². The standard InChI is InChI=1S/C12H10FNO4/c1-16-10-4-3-7(13)5-8(10)9-6-11(18-14-9)12(15)17-2/h3-6H,1-2H3. The first kappa shape index (κ1) is 12.1. The van der Waals surface area contributed by atoms with Gasteiger partial charge < -0.3 is 14.0 Å². The zero-order valence-electron chi connectivity index (χ0n) is 9.77. The summed E-state index contributed by atoms with van der Waals surface area (Å²) in [5.41, 5.74) is 0.697. The van der Waals surface area contributed by atoms with Crippen molar-refractivity contribution in [3.05, 3.63) is 35.8 Å². The molecule has 5 nitrogen and oxygen atoms in total. The highest BCUT2D eigenvalue weighted by Crippen LogP contribution is 2.30. The van der Waals surface area contributed by atoms with Gasteiger partial charge in [-0.3, -0.25) is 0 Å². The average Bonchev–Trinajstić information content (AvgIpc) is 2.87. The Morgan fingerprint density at radius 2 is 2.11 bits per heavy atom. The lowest BCUT2D eigenvalue weighted by Gasteiger charge is -2.04. The van der Waals surface area contributed by atoms with Gasteiger partial charge in [-0.15, -0.1) is 0 Å². The molecule has 0 atom stereocenters. The van der Waals surface area contributed by atoms with Crippen LogP contribution in [0.25, 0.3) is 11.3 Å². The lowest BCUT2D eigenvalue weighted by molar-refractivity contribution is 0.0554. The maximum atomic E-state index is 13.2. The van der Waals surface area contributed by atoms with E-state index in [1.54, 1.807) is 0 Å². The van der Waals surface area contributed by atoms with Gasteiger partial charge in [-0.2, -0.15) is 0 Å². The first-order valence-electron chi connectivity index (χ1n) is 5.04. The fourth-order valence-corrected chi connectivity index (χ4v) is 1.48. The van der Waals surface area contributed by atoms with E-state index < -0.39 is 11.8 Å². The van der Waals surface area contributed by atoms with Gasteiger partial charge in [0.05, 0.1) is 14.2 Å². The molecule has 94 valence electrons. The fourth-order valence-electron chi connectivity index (χ4n) is 1.48. The molecule has 0 radical (unpaired) electrons. The van der Waals surface area contributed by atoms with Crippen LogP contribution in [0.4, 0.5) is 4.39 Å². The lowest BCUT2D eigenvalue weighted by atomic mass is 10.1. The molecule has 1 heterocycles. The maximum Gasteiger partial charge on any atom is 0.376 e. The minimum absolute atomic E-state index is 0.0567. The van der Waals surface area contributed by atoms with Gasteiger partial charge in [0.25, 0.3) is 0 Å². The molecule has 6 heteroatoms. The van der Waals surface area contributed by atoms with Crippen molar-refractivity contribution in [3.8, 4) is 17.0 Å². The summed E-state index contributed by atoms with van der Waals surface area (Å²) >= 11 is 0. The molecule has 2 aromatic rings. The van der Waals surface area contributed by atoms with E-state index in [9.17, 15) is 9.18 Å². The predicted molar refractivity (Wildman–Crippen MR) is 59.8 cm³/mol. The van der Waals surface area contributed by atoms with Gasteiger partial charge in [-0.25, -0.2) is 9.18 Å². The van der Waals surface area contributed by atoms with Crippen molar-refractivity contribution in [2.75, 3.05) is 14.2 Å². The Kier molecular flexibility index (Phi) is 3.27.